The summed E-state index contributed by atoms with van der Waals surface area (Å²) in [4.78, 5) is 24.8. The molecule has 3 aromatic rings. The van der Waals surface area contributed by atoms with Gasteiger partial charge in [-0.2, -0.15) is 5.10 Å². The number of hydrazone groups is 1. The Labute approximate surface area is 202 Å². The standard InChI is InChI=1S/C24H20Br2N2O4/c1-15-3-5-17(6-4-15)24(30)32-22-12-9-20(26)13-18(22)14-27-28-23(29)16(2)31-21-10-7-19(25)8-11-21/h3-14,16H,1-2H3,(H,28,29). The van der Waals surface area contributed by atoms with E-state index in [9.17, 15) is 9.59 Å². The van der Waals surface area contributed by atoms with E-state index in [1.807, 2.05) is 31.2 Å². The first kappa shape index (κ1) is 23.7. The Morgan fingerprint density at radius 3 is 2.31 bits per heavy atom. The van der Waals surface area contributed by atoms with Crippen molar-refractivity contribution in [2.24, 2.45) is 5.10 Å². The Balaban J connectivity index is 1.65. The van der Waals surface area contributed by atoms with Gasteiger partial charge in [0.1, 0.15) is 11.5 Å². The number of ether oxygens (including phenoxy) is 2. The molecule has 1 atom stereocenters. The monoisotopic (exact) mass is 558 g/mol. The van der Waals surface area contributed by atoms with Gasteiger partial charge in [0.2, 0.25) is 0 Å². The fourth-order valence-corrected chi connectivity index (χ4v) is 3.23. The van der Waals surface area contributed by atoms with Crippen LogP contribution in [0.5, 0.6) is 11.5 Å². The minimum atomic E-state index is -0.755. The number of halogens is 2. The molecule has 3 aromatic carbocycles. The molecule has 0 aliphatic carbocycles. The average molecular weight is 560 g/mol. The number of hydrogen-bond acceptors (Lipinski definition) is 5. The van der Waals surface area contributed by atoms with Crippen molar-refractivity contribution in [3.8, 4) is 11.5 Å². The third kappa shape index (κ3) is 6.77. The summed E-state index contributed by atoms with van der Waals surface area (Å²) >= 11 is 6.74. The highest BCUT2D eigenvalue weighted by molar-refractivity contribution is 9.10. The summed E-state index contributed by atoms with van der Waals surface area (Å²) in [6.07, 6.45) is 0.655. The highest BCUT2D eigenvalue weighted by atomic mass is 79.9. The second-order valence-electron chi connectivity index (χ2n) is 6.89. The van der Waals surface area contributed by atoms with Crippen LogP contribution in [0.4, 0.5) is 0 Å². The minimum Gasteiger partial charge on any atom is -0.481 e. The normalized spacial score (nSPS) is 11.8. The van der Waals surface area contributed by atoms with E-state index in [1.54, 1.807) is 49.4 Å². The van der Waals surface area contributed by atoms with Crippen molar-refractivity contribution >= 4 is 50.0 Å². The summed E-state index contributed by atoms with van der Waals surface area (Å²) in [5.74, 6) is -0.0204. The summed E-state index contributed by atoms with van der Waals surface area (Å²) in [5.41, 5.74) is 4.44. The van der Waals surface area contributed by atoms with E-state index < -0.39 is 18.0 Å². The molecule has 1 amide bonds. The molecule has 0 saturated heterocycles. The summed E-state index contributed by atoms with van der Waals surface area (Å²) in [7, 11) is 0. The minimum absolute atomic E-state index is 0.316. The molecule has 8 heteroatoms. The van der Waals surface area contributed by atoms with Gasteiger partial charge in [0.15, 0.2) is 6.10 Å². The molecular weight excluding hydrogens is 540 g/mol. The number of esters is 1. The molecular formula is C24H20Br2N2O4. The van der Waals surface area contributed by atoms with Gasteiger partial charge in [-0.25, -0.2) is 10.2 Å². The molecule has 0 spiro atoms. The van der Waals surface area contributed by atoms with Crippen LogP contribution in [0, 0.1) is 6.92 Å². The Morgan fingerprint density at radius 1 is 0.969 bits per heavy atom. The lowest BCUT2D eigenvalue weighted by Crippen LogP contribution is -2.33. The van der Waals surface area contributed by atoms with Crippen molar-refractivity contribution in [2.45, 2.75) is 20.0 Å². The van der Waals surface area contributed by atoms with Crippen molar-refractivity contribution in [1.29, 1.82) is 0 Å². The van der Waals surface area contributed by atoms with Gasteiger partial charge in [0.25, 0.3) is 5.91 Å². The average Bonchev–Trinajstić information content (AvgIpc) is 2.77. The van der Waals surface area contributed by atoms with Crippen LogP contribution in [0.3, 0.4) is 0 Å². The van der Waals surface area contributed by atoms with E-state index in [1.165, 1.54) is 6.21 Å². The van der Waals surface area contributed by atoms with Crippen molar-refractivity contribution in [3.05, 3.63) is 92.4 Å². The number of nitrogens with zero attached hydrogens (tertiary/aromatic N) is 1. The number of carbonyl (C=O) groups is 2. The van der Waals surface area contributed by atoms with Gasteiger partial charge in [-0.05, 0) is 68.4 Å². The second-order valence-corrected chi connectivity index (χ2v) is 8.72. The molecule has 3 rings (SSSR count). The molecule has 0 fully saturated rings. The lowest BCUT2D eigenvalue weighted by Gasteiger charge is -2.13. The van der Waals surface area contributed by atoms with Crippen molar-refractivity contribution in [2.75, 3.05) is 0 Å². The summed E-state index contributed by atoms with van der Waals surface area (Å²) in [5, 5.41) is 3.99. The van der Waals surface area contributed by atoms with Gasteiger partial charge in [0.05, 0.1) is 11.8 Å². The zero-order chi connectivity index (χ0) is 23.1. The molecule has 0 heterocycles. The van der Waals surface area contributed by atoms with E-state index in [2.05, 4.69) is 42.4 Å². The number of aryl methyl sites for hydroxylation is 1. The van der Waals surface area contributed by atoms with E-state index in [0.717, 1.165) is 14.5 Å². The van der Waals surface area contributed by atoms with Gasteiger partial charge in [-0.1, -0.05) is 49.6 Å². The number of rotatable bonds is 7. The molecule has 6 nitrogen and oxygen atoms in total. The maximum absolute atomic E-state index is 12.5. The predicted molar refractivity (Wildman–Crippen MR) is 130 cm³/mol. The van der Waals surface area contributed by atoms with Crippen LogP contribution in [0.15, 0.2) is 80.8 Å². The van der Waals surface area contributed by atoms with Gasteiger partial charge >= 0.3 is 5.97 Å². The molecule has 1 unspecified atom stereocenters. The lowest BCUT2D eigenvalue weighted by molar-refractivity contribution is -0.127. The SMILES string of the molecule is Cc1ccc(C(=O)Oc2ccc(Br)cc2C=NNC(=O)C(C)Oc2ccc(Br)cc2)cc1. The largest absolute Gasteiger partial charge is 0.481 e. The van der Waals surface area contributed by atoms with E-state index >= 15 is 0 Å². The van der Waals surface area contributed by atoms with Gasteiger partial charge in [-0.15, -0.1) is 0 Å². The number of amides is 1. The summed E-state index contributed by atoms with van der Waals surface area (Å²) in [6, 6.07) is 19.4. The first-order chi connectivity index (χ1) is 15.3. The van der Waals surface area contributed by atoms with Crippen molar-refractivity contribution in [1.82, 2.24) is 5.43 Å². The molecule has 0 aliphatic rings. The van der Waals surface area contributed by atoms with E-state index in [0.29, 0.717) is 22.6 Å². The first-order valence-corrected chi connectivity index (χ1v) is 11.2. The van der Waals surface area contributed by atoms with Crippen LogP contribution in [-0.2, 0) is 4.79 Å². The van der Waals surface area contributed by atoms with Crippen LogP contribution < -0.4 is 14.9 Å². The number of benzene rings is 3. The van der Waals surface area contributed by atoms with Crippen LogP contribution in [0.25, 0.3) is 0 Å². The number of nitrogens with one attached hydrogen (secondary N) is 1. The quantitative estimate of drug-likeness (QED) is 0.175. The van der Waals surface area contributed by atoms with Gasteiger partial charge in [-0.3, -0.25) is 4.79 Å². The Kier molecular flexibility index (Phi) is 8.19. The molecule has 32 heavy (non-hydrogen) atoms. The number of carbonyl (C=O) groups excluding carboxylic acids is 2. The molecule has 0 bridgehead atoms. The zero-order valence-corrected chi connectivity index (χ0v) is 20.5. The smallest absolute Gasteiger partial charge is 0.343 e. The predicted octanol–water partition coefficient (Wildman–Crippen LogP) is 5.66. The molecule has 0 saturated carbocycles. The Hall–Kier alpha value is -2.97. The van der Waals surface area contributed by atoms with Crippen molar-refractivity contribution < 1.29 is 19.1 Å². The Bertz CT molecular complexity index is 1130. The molecule has 164 valence electrons. The lowest BCUT2D eigenvalue weighted by atomic mass is 10.1. The highest BCUT2D eigenvalue weighted by Crippen LogP contribution is 2.23. The van der Waals surface area contributed by atoms with Crippen LogP contribution in [0.1, 0.15) is 28.4 Å². The fourth-order valence-electron chi connectivity index (χ4n) is 2.59. The third-order valence-electron chi connectivity index (χ3n) is 4.34. The second kappa shape index (κ2) is 11.1. The topological polar surface area (TPSA) is 77.0 Å². The van der Waals surface area contributed by atoms with E-state index in [-0.39, 0.29) is 0 Å². The summed E-state index contributed by atoms with van der Waals surface area (Å²) in [6.45, 7) is 3.57. The van der Waals surface area contributed by atoms with E-state index in [4.69, 9.17) is 9.47 Å². The summed E-state index contributed by atoms with van der Waals surface area (Å²) < 4.78 is 12.8. The first-order valence-electron chi connectivity index (χ1n) is 9.65. The highest BCUT2D eigenvalue weighted by Gasteiger charge is 2.15. The maximum Gasteiger partial charge on any atom is 0.343 e. The molecule has 1 N–H and O–H groups in total. The van der Waals surface area contributed by atoms with Crippen LogP contribution in [-0.4, -0.2) is 24.2 Å². The third-order valence-corrected chi connectivity index (χ3v) is 5.36. The molecule has 0 aliphatic heterocycles. The molecule has 0 radical (unpaired) electrons. The zero-order valence-electron chi connectivity index (χ0n) is 17.3. The van der Waals surface area contributed by atoms with Crippen LogP contribution in [0.2, 0.25) is 0 Å². The van der Waals surface area contributed by atoms with Gasteiger partial charge in [0, 0.05) is 14.5 Å². The van der Waals surface area contributed by atoms with Crippen LogP contribution >= 0.6 is 31.9 Å². The Morgan fingerprint density at radius 2 is 1.62 bits per heavy atom. The maximum atomic E-state index is 12.5. The molecule has 0 aromatic heterocycles. The van der Waals surface area contributed by atoms with Gasteiger partial charge < -0.3 is 9.47 Å². The van der Waals surface area contributed by atoms with Crippen molar-refractivity contribution in [3.63, 3.8) is 0 Å². The fraction of sp³-hybridized carbons (Fsp3) is 0.125. The number of hydrogen-bond donors (Lipinski definition) is 1.